The van der Waals surface area contributed by atoms with Crippen molar-refractivity contribution in [2.45, 2.75) is 6.61 Å². The van der Waals surface area contributed by atoms with E-state index in [9.17, 15) is 0 Å². The molecule has 0 aromatic heterocycles. The maximum Gasteiger partial charge on any atom is 0.0718 e. The van der Waals surface area contributed by atoms with Crippen LogP contribution in [0.1, 0.15) is 16.7 Å². The molecule has 0 saturated carbocycles. The molecule has 0 aliphatic heterocycles. The van der Waals surface area contributed by atoms with Crippen LogP contribution in [-0.2, 0) is 11.3 Å². The fraction of sp³-hybridized carbons (Fsp3) is 0.0625. The summed E-state index contributed by atoms with van der Waals surface area (Å²) in [6.07, 6.45) is 4.20. The van der Waals surface area contributed by atoms with Crippen molar-refractivity contribution in [2.75, 3.05) is 0 Å². The fourth-order valence-corrected chi connectivity index (χ4v) is 1.66. The Balaban J connectivity index is 2.13. The molecule has 0 bridgehead atoms. The second kappa shape index (κ2) is 6.02. The molecule has 1 heteroatoms. The van der Waals surface area contributed by atoms with Gasteiger partial charge in [-0.3, -0.25) is 0 Å². The van der Waals surface area contributed by atoms with Crippen molar-refractivity contribution < 1.29 is 4.74 Å². The third-order valence-electron chi connectivity index (χ3n) is 2.49. The molecule has 0 heterocycles. The van der Waals surface area contributed by atoms with Crippen LogP contribution in [-0.4, -0.2) is 0 Å². The minimum atomic E-state index is 0.549. The van der Waals surface area contributed by atoms with Crippen LogP contribution >= 0.6 is 0 Å². The summed E-state index contributed by atoms with van der Waals surface area (Å²) in [6.45, 7) is 0.549. The smallest absolute Gasteiger partial charge is 0.0718 e. The van der Waals surface area contributed by atoms with Gasteiger partial charge in [0.15, 0.2) is 0 Å². The molecule has 0 aliphatic carbocycles. The lowest BCUT2D eigenvalue weighted by molar-refractivity contribution is 0.229. The van der Waals surface area contributed by atoms with Crippen LogP contribution in [0.3, 0.4) is 0 Å². The van der Waals surface area contributed by atoms with Crippen molar-refractivity contribution in [3.05, 3.63) is 78.4 Å². The molecule has 2 aromatic rings. The lowest BCUT2D eigenvalue weighted by Crippen LogP contribution is -1.85. The monoisotopic (exact) mass is 223 g/mol. The van der Waals surface area contributed by atoms with E-state index in [2.05, 4.69) is 43.5 Å². The molecule has 0 N–H and O–H groups in total. The van der Waals surface area contributed by atoms with E-state index in [-0.39, 0.29) is 0 Å². The van der Waals surface area contributed by atoms with Gasteiger partial charge in [-0.25, -0.2) is 0 Å². The van der Waals surface area contributed by atoms with Crippen LogP contribution in [0, 0.1) is 7.11 Å². The van der Waals surface area contributed by atoms with Gasteiger partial charge in [-0.2, -0.15) is 0 Å². The van der Waals surface area contributed by atoms with Crippen molar-refractivity contribution in [1.82, 2.24) is 0 Å². The van der Waals surface area contributed by atoms with Gasteiger partial charge in [0.2, 0.25) is 0 Å². The third kappa shape index (κ3) is 3.58. The molecule has 17 heavy (non-hydrogen) atoms. The van der Waals surface area contributed by atoms with Crippen LogP contribution < -0.4 is 0 Å². The Hall–Kier alpha value is -1.86. The first-order chi connectivity index (χ1) is 8.38. The Labute approximate surface area is 102 Å². The number of ether oxygens (including phenoxy) is 1. The average molecular weight is 223 g/mol. The Morgan fingerprint density at radius 1 is 0.882 bits per heavy atom. The largest absolute Gasteiger partial charge is 0.374 e. The van der Waals surface area contributed by atoms with Crippen molar-refractivity contribution >= 4 is 12.2 Å². The van der Waals surface area contributed by atoms with Crippen molar-refractivity contribution in [3.63, 3.8) is 0 Å². The zero-order chi connectivity index (χ0) is 11.9. The number of hydrogen-bond donors (Lipinski definition) is 0. The van der Waals surface area contributed by atoms with Gasteiger partial charge in [-0.15, -0.1) is 0 Å². The highest BCUT2D eigenvalue weighted by Crippen LogP contribution is 2.11. The highest BCUT2D eigenvalue weighted by Gasteiger charge is 1.92. The summed E-state index contributed by atoms with van der Waals surface area (Å²) in [4.78, 5) is 0. The standard InChI is InChI=1S/C16H15O/c1-17-13-16-9-5-8-15(12-16)11-10-14-6-3-2-4-7-14/h2-12H,1,13H2/b11-10+. The van der Waals surface area contributed by atoms with Crippen LogP contribution in [0.5, 0.6) is 0 Å². The molecule has 1 radical (unpaired) electrons. The number of hydrogen-bond acceptors (Lipinski definition) is 1. The van der Waals surface area contributed by atoms with E-state index in [1.807, 2.05) is 30.3 Å². The van der Waals surface area contributed by atoms with Crippen LogP contribution in [0.2, 0.25) is 0 Å². The summed E-state index contributed by atoms with van der Waals surface area (Å²) in [5.41, 5.74) is 3.50. The predicted molar refractivity (Wildman–Crippen MR) is 72.0 cm³/mol. The van der Waals surface area contributed by atoms with Gasteiger partial charge in [-0.05, 0) is 22.8 Å². The van der Waals surface area contributed by atoms with Gasteiger partial charge in [0.1, 0.15) is 0 Å². The van der Waals surface area contributed by atoms with E-state index in [1.165, 1.54) is 11.1 Å². The zero-order valence-electron chi connectivity index (χ0n) is 9.67. The average Bonchev–Trinajstić information content (AvgIpc) is 2.39. The molecule has 0 fully saturated rings. The maximum atomic E-state index is 4.87. The summed E-state index contributed by atoms with van der Waals surface area (Å²) in [5.74, 6) is 0. The van der Waals surface area contributed by atoms with Crippen molar-refractivity contribution in [1.29, 1.82) is 0 Å². The Bertz CT molecular complexity index is 486. The second-order valence-corrected chi connectivity index (χ2v) is 3.84. The fourth-order valence-electron chi connectivity index (χ4n) is 1.66. The van der Waals surface area contributed by atoms with E-state index >= 15 is 0 Å². The molecule has 2 rings (SSSR count). The van der Waals surface area contributed by atoms with Gasteiger partial charge in [0, 0.05) is 0 Å². The first kappa shape index (κ1) is 11.6. The van der Waals surface area contributed by atoms with Gasteiger partial charge in [0.05, 0.1) is 13.7 Å². The van der Waals surface area contributed by atoms with Gasteiger partial charge in [-0.1, -0.05) is 60.7 Å². The first-order valence-corrected chi connectivity index (χ1v) is 5.57. The summed E-state index contributed by atoms with van der Waals surface area (Å²) in [7, 11) is 3.39. The van der Waals surface area contributed by atoms with E-state index in [0.717, 1.165) is 5.56 Å². The van der Waals surface area contributed by atoms with E-state index in [4.69, 9.17) is 4.74 Å². The summed E-state index contributed by atoms with van der Waals surface area (Å²) in [6, 6.07) is 18.5. The molecule has 85 valence electrons. The van der Waals surface area contributed by atoms with Gasteiger partial charge in [0.25, 0.3) is 0 Å². The lowest BCUT2D eigenvalue weighted by atomic mass is 10.1. The van der Waals surface area contributed by atoms with Crippen LogP contribution in [0.25, 0.3) is 12.2 Å². The molecule has 0 atom stereocenters. The Morgan fingerprint density at radius 2 is 1.59 bits per heavy atom. The lowest BCUT2D eigenvalue weighted by Gasteiger charge is -2.00. The van der Waals surface area contributed by atoms with Crippen molar-refractivity contribution in [2.24, 2.45) is 0 Å². The summed E-state index contributed by atoms with van der Waals surface area (Å²) < 4.78 is 4.87. The molecular weight excluding hydrogens is 208 g/mol. The maximum absolute atomic E-state index is 4.87. The van der Waals surface area contributed by atoms with E-state index < -0.39 is 0 Å². The number of rotatable bonds is 4. The normalized spacial score (nSPS) is 10.9. The SMILES string of the molecule is [CH2]OCc1cccc(/C=C/c2ccccc2)c1. The molecule has 0 unspecified atom stereocenters. The minimum absolute atomic E-state index is 0.549. The van der Waals surface area contributed by atoms with E-state index in [1.54, 1.807) is 0 Å². The molecule has 0 amide bonds. The van der Waals surface area contributed by atoms with Gasteiger partial charge < -0.3 is 4.74 Å². The van der Waals surface area contributed by atoms with Crippen molar-refractivity contribution in [3.8, 4) is 0 Å². The summed E-state index contributed by atoms with van der Waals surface area (Å²) in [5, 5.41) is 0. The molecule has 2 aromatic carbocycles. The molecule has 0 spiro atoms. The molecular formula is C16H15O. The first-order valence-electron chi connectivity index (χ1n) is 5.57. The summed E-state index contributed by atoms with van der Waals surface area (Å²) >= 11 is 0. The van der Waals surface area contributed by atoms with Gasteiger partial charge >= 0.3 is 0 Å². The third-order valence-corrected chi connectivity index (χ3v) is 2.49. The molecule has 0 aliphatic rings. The molecule has 1 nitrogen and oxygen atoms in total. The quantitative estimate of drug-likeness (QED) is 0.707. The minimum Gasteiger partial charge on any atom is -0.374 e. The zero-order valence-corrected chi connectivity index (χ0v) is 9.67. The van der Waals surface area contributed by atoms with E-state index in [0.29, 0.717) is 6.61 Å². The highest BCUT2D eigenvalue weighted by atomic mass is 16.5. The van der Waals surface area contributed by atoms with Crippen LogP contribution in [0.15, 0.2) is 54.6 Å². The Morgan fingerprint density at radius 3 is 2.35 bits per heavy atom. The second-order valence-electron chi connectivity index (χ2n) is 3.84. The topological polar surface area (TPSA) is 9.23 Å². The Kier molecular flexibility index (Phi) is 4.11. The highest BCUT2D eigenvalue weighted by molar-refractivity contribution is 5.69. The number of benzene rings is 2. The van der Waals surface area contributed by atoms with Crippen LogP contribution in [0.4, 0.5) is 0 Å². The predicted octanol–water partition coefficient (Wildman–Crippen LogP) is 4.17. The molecule has 0 saturated heterocycles.